The van der Waals surface area contributed by atoms with Crippen molar-refractivity contribution in [3.63, 3.8) is 0 Å². The van der Waals surface area contributed by atoms with Crippen LogP contribution in [0, 0.1) is 12.8 Å². The molecule has 4 nitrogen and oxygen atoms in total. The van der Waals surface area contributed by atoms with E-state index in [4.69, 9.17) is 5.73 Å². The van der Waals surface area contributed by atoms with Gasteiger partial charge in [0.25, 0.3) is 0 Å². The number of rotatable bonds is 5. The van der Waals surface area contributed by atoms with E-state index in [2.05, 4.69) is 10.3 Å². The minimum atomic E-state index is -0.239. The fourth-order valence-electron chi connectivity index (χ4n) is 2.03. The molecule has 0 aliphatic heterocycles. The summed E-state index contributed by atoms with van der Waals surface area (Å²) in [5, 5.41) is 2.90. The predicted octanol–water partition coefficient (Wildman–Crippen LogP) is 2.15. The van der Waals surface area contributed by atoms with Gasteiger partial charge < -0.3 is 11.1 Å². The van der Waals surface area contributed by atoms with Gasteiger partial charge in [0.15, 0.2) is 0 Å². The van der Waals surface area contributed by atoms with Crippen molar-refractivity contribution in [3.05, 3.63) is 59.9 Å². The minimum absolute atomic E-state index is 0.0625. The highest BCUT2D eigenvalue weighted by molar-refractivity contribution is 5.93. The number of hydrogen-bond acceptors (Lipinski definition) is 3. The van der Waals surface area contributed by atoms with E-state index in [1.54, 1.807) is 12.3 Å². The molecular weight excluding hydrogens is 250 g/mol. The monoisotopic (exact) mass is 269 g/mol. The van der Waals surface area contributed by atoms with Gasteiger partial charge in [0, 0.05) is 12.7 Å². The van der Waals surface area contributed by atoms with Crippen LogP contribution in [0.1, 0.15) is 11.3 Å². The molecule has 4 heteroatoms. The molecule has 1 aromatic heterocycles. The Balaban J connectivity index is 2.04. The Kier molecular flexibility index (Phi) is 4.85. The van der Waals surface area contributed by atoms with Crippen LogP contribution in [-0.2, 0) is 11.2 Å². The lowest BCUT2D eigenvalue weighted by Gasteiger charge is -2.15. The van der Waals surface area contributed by atoms with Gasteiger partial charge in [-0.25, -0.2) is 0 Å². The van der Waals surface area contributed by atoms with Gasteiger partial charge in [0.05, 0.1) is 17.3 Å². The zero-order valence-corrected chi connectivity index (χ0v) is 11.5. The van der Waals surface area contributed by atoms with Crippen LogP contribution in [0.25, 0.3) is 0 Å². The molecule has 2 rings (SSSR count). The third kappa shape index (κ3) is 3.65. The number of carbonyl (C=O) groups excluding carboxylic acids is 1. The van der Waals surface area contributed by atoms with Gasteiger partial charge in [-0.2, -0.15) is 0 Å². The van der Waals surface area contributed by atoms with Crippen LogP contribution in [0.4, 0.5) is 5.69 Å². The van der Waals surface area contributed by atoms with Gasteiger partial charge in [-0.3, -0.25) is 9.78 Å². The average molecular weight is 269 g/mol. The number of nitrogens with two attached hydrogens (primary N) is 1. The van der Waals surface area contributed by atoms with Crippen LogP contribution in [0.5, 0.6) is 0 Å². The molecular formula is C16H19N3O. The molecule has 3 N–H and O–H groups in total. The number of hydrogen-bond donors (Lipinski definition) is 2. The van der Waals surface area contributed by atoms with Crippen molar-refractivity contribution in [1.82, 2.24) is 4.98 Å². The maximum Gasteiger partial charge on any atom is 0.229 e. The van der Waals surface area contributed by atoms with Crippen LogP contribution in [0.2, 0.25) is 0 Å². The van der Waals surface area contributed by atoms with Crippen LogP contribution in [0.3, 0.4) is 0 Å². The maximum absolute atomic E-state index is 12.3. The van der Waals surface area contributed by atoms with Crippen LogP contribution in [0.15, 0.2) is 48.7 Å². The van der Waals surface area contributed by atoms with Gasteiger partial charge in [0.1, 0.15) is 0 Å². The summed E-state index contributed by atoms with van der Waals surface area (Å²) in [7, 11) is 0. The van der Waals surface area contributed by atoms with E-state index in [1.807, 2.05) is 43.3 Å². The lowest BCUT2D eigenvalue weighted by Crippen LogP contribution is -2.31. The number of aromatic nitrogens is 1. The zero-order valence-electron chi connectivity index (χ0n) is 11.5. The number of amides is 1. The van der Waals surface area contributed by atoms with E-state index in [-0.39, 0.29) is 11.8 Å². The summed E-state index contributed by atoms with van der Waals surface area (Å²) < 4.78 is 0. The molecule has 0 saturated carbocycles. The number of anilines is 1. The Bertz CT molecular complexity index is 569. The fraction of sp³-hybridized carbons (Fsp3) is 0.250. The lowest BCUT2D eigenvalue weighted by atomic mass is 9.98. The van der Waals surface area contributed by atoms with Crippen molar-refractivity contribution in [1.29, 1.82) is 0 Å². The van der Waals surface area contributed by atoms with Crippen molar-refractivity contribution in [3.8, 4) is 0 Å². The molecule has 1 amide bonds. The molecule has 0 spiro atoms. The topological polar surface area (TPSA) is 68.0 Å². The maximum atomic E-state index is 12.3. The highest BCUT2D eigenvalue weighted by atomic mass is 16.1. The van der Waals surface area contributed by atoms with Crippen molar-refractivity contribution in [2.75, 3.05) is 11.9 Å². The first-order valence-electron chi connectivity index (χ1n) is 6.67. The standard InChI is InChI=1S/C16H19N3O/c1-12-15(8-5-9-18-12)19-16(20)14(11-17)10-13-6-3-2-4-7-13/h2-9,14H,10-11,17H2,1H3,(H,19,20). The summed E-state index contributed by atoms with van der Waals surface area (Å²) in [6, 6.07) is 13.5. The van der Waals surface area contributed by atoms with Crippen molar-refractivity contribution in [2.24, 2.45) is 11.7 Å². The molecule has 0 radical (unpaired) electrons. The van der Waals surface area contributed by atoms with Gasteiger partial charge in [-0.15, -0.1) is 0 Å². The first-order valence-corrected chi connectivity index (χ1v) is 6.67. The van der Waals surface area contributed by atoms with Gasteiger partial charge in [-0.05, 0) is 31.0 Å². The Morgan fingerprint density at radius 1 is 1.25 bits per heavy atom. The largest absolute Gasteiger partial charge is 0.330 e. The van der Waals surface area contributed by atoms with Crippen LogP contribution < -0.4 is 11.1 Å². The number of aryl methyl sites for hydroxylation is 1. The summed E-state index contributed by atoms with van der Waals surface area (Å²) in [6.07, 6.45) is 2.35. The van der Waals surface area contributed by atoms with E-state index in [0.717, 1.165) is 16.9 Å². The van der Waals surface area contributed by atoms with Crippen molar-refractivity contribution < 1.29 is 4.79 Å². The van der Waals surface area contributed by atoms with Crippen LogP contribution >= 0.6 is 0 Å². The molecule has 0 aliphatic carbocycles. The second kappa shape index (κ2) is 6.82. The second-order valence-electron chi connectivity index (χ2n) is 4.75. The van der Waals surface area contributed by atoms with Crippen molar-refractivity contribution >= 4 is 11.6 Å². The third-order valence-corrected chi connectivity index (χ3v) is 3.25. The highest BCUT2D eigenvalue weighted by Gasteiger charge is 2.18. The normalized spacial score (nSPS) is 11.9. The molecule has 1 atom stereocenters. The fourth-order valence-corrected chi connectivity index (χ4v) is 2.03. The molecule has 0 aliphatic rings. The summed E-state index contributed by atoms with van der Waals surface area (Å²) in [5.74, 6) is -0.301. The smallest absolute Gasteiger partial charge is 0.229 e. The quantitative estimate of drug-likeness (QED) is 0.874. The molecule has 2 aromatic rings. The number of benzene rings is 1. The Hall–Kier alpha value is -2.20. The Morgan fingerprint density at radius 3 is 2.65 bits per heavy atom. The molecule has 104 valence electrons. The van der Waals surface area contributed by atoms with Gasteiger partial charge in [0.2, 0.25) is 5.91 Å². The number of pyridine rings is 1. The van der Waals surface area contributed by atoms with E-state index in [0.29, 0.717) is 13.0 Å². The molecule has 0 bridgehead atoms. The predicted molar refractivity (Wildman–Crippen MR) is 80.3 cm³/mol. The van der Waals surface area contributed by atoms with Gasteiger partial charge >= 0.3 is 0 Å². The lowest BCUT2D eigenvalue weighted by molar-refractivity contribution is -0.119. The molecule has 0 fully saturated rings. The molecule has 1 unspecified atom stereocenters. The summed E-state index contributed by atoms with van der Waals surface area (Å²) >= 11 is 0. The Morgan fingerprint density at radius 2 is 2.00 bits per heavy atom. The molecule has 1 heterocycles. The Labute approximate surface area is 119 Å². The van der Waals surface area contributed by atoms with Crippen LogP contribution in [-0.4, -0.2) is 17.4 Å². The van der Waals surface area contributed by atoms with E-state index < -0.39 is 0 Å². The van der Waals surface area contributed by atoms with E-state index >= 15 is 0 Å². The summed E-state index contributed by atoms with van der Waals surface area (Å²) in [4.78, 5) is 16.4. The summed E-state index contributed by atoms with van der Waals surface area (Å²) in [5.41, 5.74) is 8.39. The first kappa shape index (κ1) is 14.2. The number of nitrogens with one attached hydrogen (secondary N) is 1. The zero-order chi connectivity index (χ0) is 14.4. The van der Waals surface area contributed by atoms with E-state index in [9.17, 15) is 4.79 Å². The first-order chi connectivity index (χ1) is 9.70. The molecule has 1 aromatic carbocycles. The third-order valence-electron chi connectivity index (χ3n) is 3.25. The van der Waals surface area contributed by atoms with Crippen molar-refractivity contribution in [2.45, 2.75) is 13.3 Å². The molecule has 20 heavy (non-hydrogen) atoms. The number of nitrogens with zero attached hydrogens (tertiary/aromatic N) is 1. The second-order valence-corrected chi connectivity index (χ2v) is 4.75. The summed E-state index contributed by atoms with van der Waals surface area (Å²) in [6.45, 7) is 2.18. The average Bonchev–Trinajstić information content (AvgIpc) is 2.48. The SMILES string of the molecule is Cc1ncccc1NC(=O)C(CN)Cc1ccccc1. The number of carbonyl (C=O) groups is 1. The molecule has 0 saturated heterocycles. The van der Waals surface area contributed by atoms with E-state index in [1.165, 1.54) is 0 Å². The minimum Gasteiger partial charge on any atom is -0.330 e. The highest BCUT2D eigenvalue weighted by Crippen LogP contribution is 2.14. The van der Waals surface area contributed by atoms with Gasteiger partial charge in [-0.1, -0.05) is 30.3 Å².